The summed E-state index contributed by atoms with van der Waals surface area (Å²) >= 11 is 0. The molecule has 0 saturated heterocycles. The molecule has 7 aromatic carbocycles. The Labute approximate surface area is 348 Å². The molecule has 4 heteroatoms. The molecule has 59 heavy (non-hydrogen) atoms. The lowest BCUT2D eigenvalue weighted by Gasteiger charge is -2.22. The molecule has 288 valence electrons. The summed E-state index contributed by atoms with van der Waals surface area (Å²) in [6.45, 7) is 10.6. The maximum Gasteiger partial charge on any atom is 0.149 e. The maximum absolute atomic E-state index is 11.5. The fourth-order valence-electron chi connectivity index (χ4n) is 8.07. The Morgan fingerprint density at radius 2 is 1.15 bits per heavy atom. The lowest BCUT2D eigenvalue weighted by Crippen LogP contribution is -2.11. The van der Waals surface area contributed by atoms with Crippen molar-refractivity contribution in [2.24, 2.45) is 0 Å². The number of rotatable bonds is 8. The van der Waals surface area contributed by atoms with E-state index in [-0.39, 0.29) is 11.2 Å². The number of para-hydroxylation sites is 2. The number of benzene rings is 7. The van der Waals surface area contributed by atoms with Crippen molar-refractivity contribution in [2.75, 3.05) is 0 Å². The quantitative estimate of drug-likeness (QED) is 0.168. The third kappa shape index (κ3) is 7.23. The van der Waals surface area contributed by atoms with Gasteiger partial charge < -0.3 is 5.11 Å². The van der Waals surface area contributed by atoms with Gasteiger partial charge in [0.05, 0.1) is 28.0 Å². The summed E-state index contributed by atoms with van der Waals surface area (Å²) in [6.07, 6.45) is 1.89. The van der Waals surface area contributed by atoms with E-state index >= 15 is 0 Å². The molecule has 2 heterocycles. The van der Waals surface area contributed by atoms with Crippen LogP contribution in [0.5, 0.6) is 5.75 Å². The largest absolute Gasteiger partial charge is 0.507 e. The van der Waals surface area contributed by atoms with Crippen LogP contribution in [0.15, 0.2) is 182 Å². The standard InChI is InChI=1S/C55H47N3O/c1-36(2)46-34-48(39-22-13-8-14-23-39)51(35-47(46)38-20-11-7-12-21-38)58-50-26-17-25-44(53(50)57-54(58)45-24-15-16-27-52(45)59)41-30-42(32-43(31-41)55(3,4)5)49-33-40(28-29-56-49)37-18-9-6-10-19-37/h6-36,59H,1-5H3/i36D. The molecule has 0 spiro atoms. The molecule has 9 rings (SSSR count). The van der Waals surface area contributed by atoms with Gasteiger partial charge in [-0.15, -0.1) is 0 Å². The third-order valence-electron chi connectivity index (χ3n) is 11.2. The Kier molecular flexibility index (Phi) is 9.46. The van der Waals surface area contributed by atoms with E-state index in [1.165, 1.54) is 5.56 Å². The zero-order valence-corrected chi connectivity index (χ0v) is 34.1. The van der Waals surface area contributed by atoms with Crippen LogP contribution in [-0.4, -0.2) is 19.6 Å². The highest BCUT2D eigenvalue weighted by atomic mass is 16.3. The Bertz CT molecular complexity index is 2990. The van der Waals surface area contributed by atoms with E-state index in [1.54, 1.807) is 6.07 Å². The average molecular weight is 767 g/mol. The SMILES string of the molecule is [2H]C(C)(C)c1cc(-c2ccccc2)c(-n2c(-c3ccccc3O)nc3c(-c4cc(-c5cc(-c6ccccc6)ccn5)cc(C(C)(C)C)c4)cccc32)cc1-c1ccccc1. The Morgan fingerprint density at radius 3 is 1.81 bits per heavy atom. The molecule has 0 aliphatic carbocycles. The number of aromatic hydroxyl groups is 1. The van der Waals surface area contributed by atoms with Crippen molar-refractivity contribution in [1.29, 1.82) is 0 Å². The molecular weight excluding hydrogens is 719 g/mol. The van der Waals surface area contributed by atoms with E-state index in [2.05, 4.69) is 135 Å². The molecule has 0 fully saturated rings. The lowest BCUT2D eigenvalue weighted by atomic mass is 9.83. The predicted octanol–water partition coefficient (Wildman–Crippen LogP) is 14.5. The van der Waals surface area contributed by atoms with Gasteiger partial charge in [-0.25, -0.2) is 4.98 Å². The molecule has 0 radical (unpaired) electrons. The fraction of sp³-hybridized carbons (Fsp3) is 0.127. The van der Waals surface area contributed by atoms with Gasteiger partial charge in [0.15, 0.2) is 0 Å². The molecule has 0 unspecified atom stereocenters. The van der Waals surface area contributed by atoms with Gasteiger partial charge >= 0.3 is 0 Å². The number of nitrogens with zero attached hydrogens (tertiary/aromatic N) is 3. The summed E-state index contributed by atoms with van der Waals surface area (Å²) in [6, 6.07) is 60.3. The highest BCUT2D eigenvalue weighted by molar-refractivity contribution is 5.98. The van der Waals surface area contributed by atoms with Gasteiger partial charge in [-0.2, -0.15) is 0 Å². The molecule has 0 bridgehead atoms. The van der Waals surface area contributed by atoms with Crippen molar-refractivity contribution in [3.05, 3.63) is 193 Å². The molecule has 1 N–H and O–H groups in total. The number of aromatic nitrogens is 3. The van der Waals surface area contributed by atoms with E-state index < -0.39 is 5.89 Å². The Balaban J connectivity index is 1.35. The summed E-state index contributed by atoms with van der Waals surface area (Å²) in [5.41, 5.74) is 15.4. The van der Waals surface area contributed by atoms with Crippen molar-refractivity contribution in [1.82, 2.24) is 14.5 Å². The van der Waals surface area contributed by atoms with E-state index in [4.69, 9.17) is 9.97 Å². The van der Waals surface area contributed by atoms with Crippen LogP contribution in [0.2, 0.25) is 0 Å². The normalized spacial score (nSPS) is 12.1. The summed E-state index contributed by atoms with van der Waals surface area (Å²) in [4.78, 5) is 10.4. The van der Waals surface area contributed by atoms with Crippen molar-refractivity contribution >= 4 is 11.0 Å². The van der Waals surface area contributed by atoms with Crippen LogP contribution < -0.4 is 0 Å². The zero-order valence-electron chi connectivity index (χ0n) is 35.1. The molecule has 0 aliphatic heterocycles. The molecule has 0 atom stereocenters. The monoisotopic (exact) mass is 766 g/mol. The van der Waals surface area contributed by atoms with Gasteiger partial charge in [0.1, 0.15) is 11.6 Å². The first-order chi connectivity index (χ1) is 28.9. The number of hydrogen-bond donors (Lipinski definition) is 1. The maximum atomic E-state index is 11.5. The number of pyridine rings is 1. The first-order valence-electron chi connectivity index (χ1n) is 20.7. The van der Waals surface area contributed by atoms with E-state index in [1.807, 2.05) is 80.7 Å². The first kappa shape index (κ1) is 36.3. The van der Waals surface area contributed by atoms with E-state index in [9.17, 15) is 6.48 Å². The zero-order chi connectivity index (χ0) is 41.6. The average Bonchev–Trinajstić information content (AvgIpc) is 3.66. The minimum Gasteiger partial charge on any atom is -0.507 e. The highest BCUT2D eigenvalue weighted by Crippen LogP contribution is 2.44. The van der Waals surface area contributed by atoms with Gasteiger partial charge in [-0.3, -0.25) is 9.55 Å². The van der Waals surface area contributed by atoms with Gasteiger partial charge in [-0.05, 0) is 110 Å². The summed E-state index contributed by atoms with van der Waals surface area (Å²) < 4.78 is 11.6. The van der Waals surface area contributed by atoms with Crippen LogP contribution in [-0.2, 0) is 5.41 Å². The molecule has 4 nitrogen and oxygen atoms in total. The van der Waals surface area contributed by atoms with Crippen LogP contribution in [0.1, 0.15) is 53.0 Å². The minimum absolute atomic E-state index is 0.144. The van der Waals surface area contributed by atoms with Crippen molar-refractivity contribution < 1.29 is 6.48 Å². The molecule has 2 aromatic heterocycles. The second-order valence-electron chi connectivity index (χ2n) is 16.5. The number of phenolic OH excluding ortho intramolecular Hbond substituents is 1. The van der Waals surface area contributed by atoms with Crippen LogP contribution >= 0.6 is 0 Å². The summed E-state index contributed by atoms with van der Waals surface area (Å²) in [5.74, 6) is -0.136. The van der Waals surface area contributed by atoms with Crippen molar-refractivity contribution in [3.8, 4) is 78.6 Å². The van der Waals surface area contributed by atoms with Gasteiger partial charge in [0.2, 0.25) is 0 Å². The van der Waals surface area contributed by atoms with Crippen LogP contribution in [0.3, 0.4) is 0 Å². The van der Waals surface area contributed by atoms with Gasteiger partial charge in [0.25, 0.3) is 0 Å². The van der Waals surface area contributed by atoms with E-state index in [0.717, 1.165) is 78.0 Å². The first-order valence-corrected chi connectivity index (χ1v) is 20.2. The number of phenols is 1. The van der Waals surface area contributed by atoms with Gasteiger partial charge in [0, 0.05) is 24.3 Å². The second-order valence-corrected chi connectivity index (χ2v) is 16.5. The number of hydrogen-bond acceptors (Lipinski definition) is 3. The number of fused-ring (bicyclic) bond motifs is 1. The fourth-order valence-corrected chi connectivity index (χ4v) is 8.07. The molecule has 9 aromatic rings. The molecule has 0 aliphatic rings. The Hall–Kier alpha value is -7.04. The van der Waals surface area contributed by atoms with Crippen LogP contribution in [0.25, 0.3) is 83.9 Å². The highest BCUT2D eigenvalue weighted by Gasteiger charge is 2.25. The van der Waals surface area contributed by atoms with Crippen molar-refractivity contribution in [2.45, 2.75) is 45.9 Å². The van der Waals surface area contributed by atoms with Crippen LogP contribution in [0.4, 0.5) is 0 Å². The van der Waals surface area contributed by atoms with Gasteiger partial charge in [-0.1, -0.05) is 156 Å². The van der Waals surface area contributed by atoms with E-state index in [0.29, 0.717) is 11.4 Å². The topological polar surface area (TPSA) is 50.9 Å². The smallest absolute Gasteiger partial charge is 0.149 e. The number of imidazole rings is 1. The van der Waals surface area contributed by atoms with Crippen LogP contribution in [0, 0.1) is 0 Å². The molecule has 0 amide bonds. The Morgan fingerprint density at radius 1 is 0.542 bits per heavy atom. The van der Waals surface area contributed by atoms with Crippen molar-refractivity contribution in [3.63, 3.8) is 0 Å². The molecule has 0 saturated carbocycles. The third-order valence-corrected chi connectivity index (χ3v) is 11.2. The predicted molar refractivity (Wildman–Crippen MR) is 246 cm³/mol. The lowest BCUT2D eigenvalue weighted by molar-refractivity contribution is 0.477. The second kappa shape index (κ2) is 15.4. The summed E-state index contributed by atoms with van der Waals surface area (Å²) in [5, 5.41) is 11.5. The minimum atomic E-state index is -0.900. The molecular formula is C55H47N3O. The summed E-state index contributed by atoms with van der Waals surface area (Å²) in [7, 11) is 0.